The molecule has 1 aliphatic heterocycles. The molecule has 1 aliphatic rings. The number of thiophene rings is 1. The first kappa shape index (κ1) is 15.9. The summed E-state index contributed by atoms with van der Waals surface area (Å²) < 4.78 is 17.5. The van der Waals surface area contributed by atoms with Crippen molar-refractivity contribution in [3.63, 3.8) is 0 Å². The van der Waals surface area contributed by atoms with E-state index in [1.54, 1.807) is 17.7 Å². The van der Waals surface area contributed by atoms with E-state index >= 15 is 0 Å². The fraction of sp³-hybridized carbons (Fsp3) is 0.294. The van der Waals surface area contributed by atoms with E-state index in [4.69, 9.17) is 4.52 Å². The van der Waals surface area contributed by atoms with Gasteiger partial charge in [0.25, 0.3) is 0 Å². The highest BCUT2D eigenvalue weighted by atomic mass is 32.1. The summed E-state index contributed by atoms with van der Waals surface area (Å²) in [6.07, 6.45) is 2.97. The molecule has 1 unspecified atom stereocenters. The second kappa shape index (κ2) is 6.05. The molecule has 0 saturated heterocycles. The van der Waals surface area contributed by atoms with Crippen molar-refractivity contribution < 1.29 is 14.0 Å². The minimum absolute atomic E-state index is 0.108. The van der Waals surface area contributed by atoms with Gasteiger partial charge in [-0.05, 0) is 25.3 Å². The molecule has 0 saturated carbocycles. The van der Waals surface area contributed by atoms with Crippen molar-refractivity contribution in [2.75, 3.05) is 6.16 Å². The van der Waals surface area contributed by atoms with Gasteiger partial charge in [0.05, 0.1) is 18.5 Å². The molecular formula is C17H17N2O3PS. The van der Waals surface area contributed by atoms with Gasteiger partial charge < -0.3 is 9.42 Å². The summed E-state index contributed by atoms with van der Waals surface area (Å²) in [7, 11) is -3.56. The van der Waals surface area contributed by atoms with Gasteiger partial charge in [-0.1, -0.05) is 29.8 Å². The monoisotopic (exact) mass is 360 g/mol. The molecule has 0 fully saturated rings. The summed E-state index contributed by atoms with van der Waals surface area (Å²) >= 11 is 1.58. The predicted molar refractivity (Wildman–Crippen MR) is 95.4 cm³/mol. The number of benzene rings is 1. The Hall–Kier alpha value is -1.59. The van der Waals surface area contributed by atoms with E-state index in [9.17, 15) is 9.46 Å². The number of aromatic nitrogens is 2. The van der Waals surface area contributed by atoms with E-state index in [1.165, 1.54) is 5.56 Å². The number of hydrogen-bond acceptors (Lipinski definition) is 5. The molecule has 1 atom stereocenters. The third-order valence-electron chi connectivity index (χ3n) is 4.24. The summed E-state index contributed by atoms with van der Waals surface area (Å²) in [5, 5.41) is 0.986. The standard InChI is InChI=1S/C17H17N2O3PS/c1-11-4-6-12(7-5-11)16-13-9-22-23(20,21)8-2-3-14-15(13)17(24-16)19-10-18-14/h4-7,10H,2-3,8-9H2,1H3,(H,20,21). The van der Waals surface area contributed by atoms with Gasteiger partial charge in [-0.3, -0.25) is 4.57 Å². The molecule has 124 valence electrons. The third kappa shape index (κ3) is 2.91. The van der Waals surface area contributed by atoms with Gasteiger partial charge in [0.15, 0.2) is 0 Å². The highest BCUT2D eigenvalue weighted by molar-refractivity contribution is 7.52. The van der Waals surface area contributed by atoms with Crippen LogP contribution in [0.15, 0.2) is 30.6 Å². The van der Waals surface area contributed by atoms with Crippen molar-refractivity contribution in [3.8, 4) is 10.4 Å². The predicted octanol–water partition coefficient (Wildman–Crippen LogP) is 4.31. The Balaban J connectivity index is 1.93. The third-order valence-corrected chi connectivity index (χ3v) is 6.85. The molecule has 2 aromatic heterocycles. The summed E-state index contributed by atoms with van der Waals surface area (Å²) in [6.45, 7) is 2.16. The fourth-order valence-electron chi connectivity index (χ4n) is 3.00. The lowest BCUT2D eigenvalue weighted by Gasteiger charge is -2.11. The molecule has 5 nitrogen and oxygen atoms in total. The molecule has 0 aliphatic carbocycles. The largest absolute Gasteiger partial charge is 0.328 e. The summed E-state index contributed by atoms with van der Waals surface area (Å²) in [6, 6.07) is 8.25. The zero-order valence-electron chi connectivity index (χ0n) is 13.2. The van der Waals surface area contributed by atoms with Crippen LogP contribution < -0.4 is 0 Å². The average molecular weight is 360 g/mol. The van der Waals surface area contributed by atoms with E-state index in [0.29, 0.717) is 12.8 Å². The van der Waals surface area contributed by atoms with E-state index in [0.717, 1.165) is 31.9 Å². The minimum Gasteiger partial charge on any atom is -0.324 e. The molecule has 24 heavy (non-hydrogen) atoms. The number of aryl methyl sites for hydroxylation is 2. The first-order chi connectivity index (χ1) is 11.5. The van der Waals surface area contributed by atoms with Crippen molar-refractivity contribution in [1.29, 1.82) is 0 Å². The molecule has 0 amide bonds. The Labute approximate surface area is 143 Å². The van der Waals surface area contributed by atoms with E-state index in [1.807, 2.05) is 6.92 Å². The second-order valence-corrected chi connectivity index (χ2v) is 8.99. The lowest BCUT2D eigenvalue weighted by molar-refractivity contribution is 0.252. The SMILES string of the molecule is Cc1ccc(-c2sc3ncnc4c3c2COP(=O)(O)CCC4)cc1. The lowest BCUT2D eigenvalue weighted by atomic mass is 10.0. The molecule has 0 radical (unpaired) electrons. The zero-order chi connectivity index (χ0) is 16.7. The lowest BCUT2D eigenvalue weighted by Crippen LogP contribution is -1.95. The van der Waals surface area contributed by atoms with Gasteiger partial charge in [0, 0.05) is 15.8 Å². The van der Waals surface area contributed by atoms with Crippen molar-refractivity contribution >= 4 is 29.1 Å². The van der Waals surface area contributed by atoms with Crippen LogP contribution in [-0.4, -0.2) is 21.0 Å². The first-order valence-electron chi connectivity index (χ1n) is 7.82. The van der Waals surface area contributed by atoms with E-state index in [-0.39, 0.29) is 12.8 Å². The summed E-state index contributed by atoms with van der Waals surface area (Å²) in [5.41, 5.74) is 4.12. The smallest absolute Gasteiger partial charge is 0.324 e. The van der Waals surface area contributed by atoms with Crippen molar-refractivity contribution in [2.24, 2.45) is 0 Å². The summed E-state index contributed by atoms with van der Waals surface area (Å²) in [5.74, 6) is 0. The van der Waals surface area contributed by atoms with Crippen molar-refractivity contribution in [3.05, 3.63) is 47.4 Å². The van der Waals surface area contributed by atoms with Gasteiger partial charge >= 0.3 is 7.60 Å². The number of hydrogen-bond donors (Lipinski definition) is 1. The minimum atomic E-state index is -3.56. The van der Waals surface area contributed by atoms with Crippen molar-refractivity contribution in [1.82, 2.24) is 9.97 Å². The molecular weight excluding hydrogens is 343 g/mol. The van der Waals surface area contributed by atoms with Crippen molar-refractivity contribution in [2.45, 2.75) is 26.4 Å². The van der Waals surface area contributed by atoms with Crippen LogP contribution in [0.3, 0.4) is 0 Å². The molecule has 0 spiro atoms. The van der Waals surface area contributed by atoms with Crippen LogP contribution in [0.4, 0.5) is 0 Å². The molecule has 0 bridgehead atoms. The maximum absolute atomic E-state index is 12.1. The van der Waals surface area contributed by atoms with Crippen LogP contribution in [0, 0.1) is 6.92 Å². The highest BCUT2D eigenvalue weighted by Crippen LogP contribution is 2.48. The normalized spacial score (nSPS) is 21.2. The van der Waals surface area contributed by atoms with Crippen LogP contribution >= 0.6 is 18.9 Å². The van der Waals surface area contributed by atoms with E-state index < -0.39 is 7.60 Å². The number of rotatable bonds is 1. The Bertz CT molecular complexity index is 952. The topological polar surface area (TPSA) is 72.3 Å². The van der Waals surface area contributed by atoms with Crippen LogP contribution in [0.2, 0.25) is 0 Å². The van der Waals surface area contributed by atoms with Crippen LogP contribution in [0.25, 0.3) is 20.7 Å². The van der Waals surface area contributed by atoms with Crippen LogP contribution in [0.5, 0.6) is 0 Å². The molecule has 7 heteroatoms. The van der Waals surface area contributed by atoms with Crippen LogP contribution in [0.1, 0.15) is 23.2 Å². The maximum Gasteiger partial charge on any atom is 0.328 e. The second-order valence-electron chi connectivity index (χ2n) is 6.01. The Morgan fingerprint density at radius 1 is 1.25 bits per heavy atom. The average Bonchev–Trinajstić information content (AvgIpc) is 2.94. The molecule has 1 aromatic carbocycles. The van der Waals surface area contributed by atoms with Gasteiger partial charge in [-0.15, -0.1) is 11.3 Å². The first-order valence-corrected chi connectivity index (χ1v) is 10.4. The Kier molecular flexibility index (Phi) is 4.01. The Morgan fingerprint density at radius 2 is 2.04 bits per heavy atom. The zero-order valence-corrected chi connectivity index (χ0v) is 14.9. The van der Waals surface area contributed by atoms with Crippen LogP contribution in [-0.2, 0) is 22.1 Å². The van der Waals surface area contributed by atoms with Gasteiger partial charge in [0.1, 0.15) is 11.2 Å². The highest BCUT2D eigenvalue weighted by Gasteiger charge is 2.26. The molecule has 3 heterocycles. The van der Waals surface area contributed by atoms with Gasteiger partial charge in [-0.25, -0.2) is 9.97 Å². The van der Waals surface area contributed by atoms with Gasteiger partial charge in [-0.2, -0.15) is 0 Å². The quantitative estimate of drug-likeness (QED) is 0.655. The molecule has 3 aromatic rings. The van der Waals surface area contributed by atoms with Gasteiger partial charge in [0.2, 0.25) is 0 Å². The van der Waals surface area contributed by atoms with E-state index in [2.05, 4.69) is 34.2 Å². The fourth-order valence-corrected chi connectivity index (χ4v) is 5.19. The molecule has 4 rings (SSSR count). The summed E-state index contributed by atoms with van der Waals surface area (Å²) in [4.78, 5) is 20.7. The molecule has 1 N–H and O–H groups in total. The Morgan fingerprint density at radius 3 is 2.83 bits per heavy atom. The number of nitrogens with zero attached hydrogens (tertiary/aromatic N) is 2. The maximum atomic E-state index is 12.1.